The van der Waals surface area contributed by atoms with Crippen LogP contribution in [0.5, 0.6) is 5.75 Å². The topological polar surface area (TPSA) is 52.0 Å². The summed E-state index contributed by atoms with van der Waals surface area (Å²) in [5, 5.41) is 5.19. The number of alkyl halides is 3. The molecule has 0 unspecified atom stereocenters. The molecule has 0 N–H and O–H groups in total. The molecule has 2 aliphatic heterocycles. The van der Waals surface area contributed by atoms with Crippen LogP contribution >= 0.6 is 0 Å². The number of rotatable bonds is 5. The van der Waals surface area contributed by atoms with Crippen LogP contribution in [-0.4, -0.2) is 84.0 Å². The lowest BCUT2D eigenvalue weighted by atomic mass is 9.78. The average molecular weight is 454 g/mol. The fourth-order valence-corrected chi connectivity index (χ4v) is 3.92. The van der Waals surface area contributed by atoms with Gasteiger partial charge in [-0.3, -0.25) is 9.58 Å². The van der Waals surface area contributed by atoms with E-state index in [2.05, 4.69) is 26.7 Å². The minimum absolute atomic E-state index is 0.201. The lowest BCUT2D eigenvalue weighted by Crippen LogP contribution is -2.45. The molecule has 2 aliphatic rings. The Kier molecular flexibility index (Phi) is 5.98. The van der Waals surface area contributed by atoms with E-state index in [0.29, 0.717) is 17.4 Å². The lowest BCUT2D eigenvalue weighted by molar-refractivity contribution is -0.274. The molecule has 32 heavy (non-hydrogen) atoms. The van der Waals surface area contributed by atoms with Crippen molar-refractivity contribution in [2.45, 2.75) is 51.8 Å². The number of halogens is 3. The number of likely N-dealkylation sites (N-methyl/N-ethyl adjacent to an activating group) is 1. The number of piperazine rings is 1. The second kappa shape index (κ2) is 8.20. The second-order valence-electron chi connectivity index (χ2n) is 9.62. The van der Waals surface area contributed by atoms with Gasteiger partial charge in [-0.25, -0.2) is 0 Å². The highest BCUT2D eigenvalue weighted by atomic mass is 19.4. The number of hydrogen-bond acceptors (Lipinski definition) is 6. The van der Waals surface area contributed by atoms with E-state index in [1.807, 2.05) is 33.9 Å². The first-order valence-corrected chi connectivity index (χ1v) is 10.9. The van der Waals surface area contributed by atoms with E-state index in [1.54, 1.807) is 10.7 Å². The van der Waals surface area contributed by atoms with Crippen molar-refractivity contribution in [1.82, 2.24) is 19.6 Å². The Morgan fingerprint density at radius 1 is 1.03 bits per heavy atom. The van der Waals surface area contributed by atoms with Crippen molar-refractivity contribution in [3.05, 3.63) is 18.3 Å². The van der Waals surface area contributed by atoms with Crippen LogP contribution in [0.1, 0.15) is 27.7 Å². The summed E-state index contributed by atoms with van der Waals surface area (Å²) in [7, 11) is 1.13. The quantitative estimate of drug-likeness (QED) is 0.648. The maximum atomic E-state index is 13.1. The van der Waals surface area contributed by atoms with Gasteiger partial charge in [-0.2, -0.15) is 5.10 Å². The van der Waals surface area contributed by atoms with E-state index < -0.39 is 24.7 Å². The Labute approximate surface area is 186 Å². The molecular weight excluding hydrogens is 424 g/mol. The smallest absolute Gasteiger partial charge is 0.406 e. The molecule has 1 aromatic carbocycles. The average Bonchev–Trinajstić information content (AvgIpc) is 3.15. The highest BCUT2D eigenvalue weighted by Gasteiger charge is 2.53. The molecule has 11 heteroatoms. The maximum Gasteiger partial charge on any atom is 0.573 e. The van der Waals surface area contributed by atoms with Crippen molar-refractivity contribution >= 4 is 23.5 Å². The third-order valence-electron chi connectivity index (χ3n) is 6.66. The van der Waals surface area contributed by atoms with E-state index >= 15 is 0 Å². The number of aromatic nitrogens is 2. The van der Waals surface area contributed by atoms with E-state index in [0.717, 1.165) is 32.7 Å². The van der Waals surface area contributed by atoms with E-state index in [-0.39, 0.29) is 11.2 Å². The molecule has 7 nitrogen and oxygen atoms in total. The van der Waals surface area contributed by atoms with Crippen LogP contribution in [0, 0.1) is 0 Å². The number of nitrogens with zero attached hydrogens (tertiary/aromatic N) is 4. The summed E-state index contributed by atoms with van der Waals surface area (Å²) in [5.41, 5.74) is -0.737. The summed E-state index contributed by atoms with van der Waals surface area (Å²) in [4.78, 5) is 4.65. The van der Waals surface area contributed by atoms with Gasteiger partial charge in [-0.15, -0.1) is 13.2 Å². The third-order valence-corrected chi connectivity index (χ3v) is 6.66. The molecule has 2 aromatic rings. The molecule has 0 radical (unpaired) electrons. The van der Waals surface area contributed by atoms with Crippen molar-refractivity contribution in [2.75, 3.05) is 39.8 Å². The Hall–Kier alpha value is -1.82. The van der Waals surface area contributed by atoms with Gasteiger partial charge in [0.25, 0.3) is 0 Å². The number of hydrogen-bond donors (Lipinski definition) is 0. The van der Waals surface area contributed by atoms with Gasteiger partial charge in [0.1, 0.15) is 5.75 Å². The second-order valence-corrected chi connectivity index (χ2v) is 9.62. The highest BCUT2D eigenvalue weighted by molar-refractivity contribution is 6.63. The molecule has 4 rings (SSSR count). The Bertz CT molecular complexity index is 955. The van der Waals surface area contributed by atoms with Crippen molar-refractivity contribution in [3.63, 3.8) is 0 Å². The maximum absolute atomic E-state index is 13.1. The molecule has 0 spiro atoms. The van der Waals surface area contributed by atoms with Gasteiger partial charge in [0, 0.05) is 55.8 Å². The molecular formula is C21H30BF3N4O3. The van der Waals surface area contributed by atoms with Gasteiger partial charge in [-0.1, -0.05) is 0 Å². The standard InChI is InChI=1S/C21H30BF3N4O3/c1-19(2)20(3,4)32-22(31-19)16-12-15-14-29(11-10-28-8-6-27(5)7-9-28)26-17(15)13-18(16)30-21(23,24)25/h12-14H,6-11H2,1-5H3. The van der Waals surface area contributed by atoms with Gasteiger partial charge in [-0.05, 0) is 40.8 Å². The van der Waals surface area contributed by atoms with Crippen LogP contribution in [0.4, 0.5) is 13.2 Å². The molecule has 1 aromatic heterocycles. The largest absolute Gasteiger partial charge is 0.573 e. The van der Waals surface area contributed by atoms with Crippen LogP contribution in [0.2, 0.25) is 0 Å². The highest BCUT2D eigenvalue weighted by Crippen LogP contribution is 2.38. The summed E-state index contributed by atoms with van der Waals surface area (Å²) in [6.07, 6.45) is -2.99. The van der Waals surface area contributed by atoms with Crippen LogP contribution in [0.25, 0.3) is 10.9 Å². The minimum atomic E-state index is -4.84. The molecule has 3 heterocycles. The van der Waals surface area contributed by atoms with Crippen molar-refractivity contribution in [3.8, 4) is 5.75 Å². The SMILES string of the molecule is CN1CCN(CCn2cc3cc(B4OC(C)(C)C(C)(C)O4)c(OC(F)(F)F)cc3n2)CC1. The molecule has 0 saturated carbocycles. The fourth-order valence-electron chi connectivity index (χ4n) is 3.92. The first-order valence-electron chi connectivity index (χ1n) is 10.9. The molecule has 2 fully saturated rings. The van der Waals surface area contributed by atoms with Gasteiger partial charge >= 0.3 is 13.5 Å². The van der Waals surface area contributed by atoms with E-state index in [1.165, 1.54) is 6.07 Å². The number of ether oxygens (including phenoxy) is 1. The first kappa shape index (κ1) is 23.3. The predicted molar refractivity (Wildman–Crippen MR) is 116 cm³/mol. The molecule has 2 saturated heterocycles. The molecule has 0 bridgehead atoms. The molecule has 0 aliphatic carbocycles. The zero-order valence-corrected chi connectivity index (χ0v) is 19.2. The summed E-state index contributed by atoms with van der Waals surface area (Å²) in [6.45, 7) is 12.9. The van der Waals surface area contributed by atoms with E-state index in [9.17, 15) is 13.2 Å². The van der Waals surface area contributed by atoms with Crippen LogP contribution in [0.3, 0.4) is 0 Å². The summed E-state index contributed by atoms with van der Waals surface area (Å²) in [5.74, 6) is -0.354. The summed E-state index contributed by atoms with van der Waals surface area (Å²) in [6, 6.07) is 2.94. The molecule has 176 valence electrons. The normalized spacial score (nSPS) is 22.1. The van der Waals surface area contributed by atoms with Crippen molar-refractivity contribution < 1.29 is 27.2 Å². The zero-order valence-electron chi connectivity index (χ0n) is 19.2. The number of benzene rings is 1. The van der Waals surface area contributed by atoms with Crippen molar-refractivity contribution in [2.24, 2.45) is 0 Å². The van der Waals surface area contributed by atoms with Crippen LogP contribution in [0.15, 0.2) is 18.3 Å². The fraction of sp³-hybridized carbons (Fsp3) is 0.667. The number of fused-ring (bicyclic) bond motifs is 1. The Morgan fingerprint density at radius 3 is 2.25 bits per heavy atom. The third kappa shape index (κ3) is 4.90. The van der Waals surface area contributed by atoms with Crippen LogP contribution < -0.4 is 10.2 Å². The monoisotopic (exact) mass is 454 g/mol. The van der Waals surface area contributed by atoms with Crippen LogP contribution in [-0.2, 0) is 15.9 Å². The minimum Gasteiger partial charge on any atom is -0.406 e. The van der Waals surface area contributed by atoms with Gasteiger partial charge in [0.2, 0.25) is 0 Å². The molecule has 0 amide bonds. The summed E-state index contributed by atoms with van der Waals surface area (Å²) >= 11 is 0. The zero-order chi connectivity index (χ0) is 23.3. The Morgan fingerprint density at radius 2 is 1.66 bits per heavy atom. The predicted octanol–water partition coefficient (Wildman–Crippen LogP) is 2.48. The molecule has 0 atom stereocenters. The van der Waals surface area contributed by atoms with Gasteiger partial charge < -0.3 is 18.9 Å². The van der Waals surface area contributed by atoms with Gasteiger partial charge in [0.15, 0.2) is 0 Å². The Balaban J connectivity index is 1.60. The van der Waals surface area contributed by atoms with Crippen molar-refractivity contribution in [1.29, 1.82) is 0 Å². The first-order chi connectivity index (χ1) is 14.8. The van der Waals surface area contributed by atoms with Gasteiger partial charge in [0.05, 0.1) is 23.3 Å². The van der Waals surface area contributed by atoms with E-state index in [4.69, 9.17) is 9.31 Å². The lowest BCUT2D eigenvalue weighted by Gasteiger charge is -2.32. The summed E-state index contributed by atoms with van der Waals surface area (Å²) < 4.78 is 57.5.